The van der Waals surface area contributed by atoms with Gasteiger partial charge in [-0.05, 0) is 25.7 Å². The molecule has 13 heteroatoms. The van der Waals surface area contributed by atoms with Crippen molar-refractivity contribution in [2.75, 3.05) is 0 Å². The van der Waals surface area contributed by atoms with Crippen LogP contribution in [0.2, 0.25) is 0 Å². The van der Waals surface area contributed by atoms with E-state index in [0.717, 1.165) is 0 Å². The lowest BCUT2D eigenvalue weighted by molar-refractivity contribution is -0.143. The van der Waals surface area contributed by atoms with E-state index in [2.05, 4.69) is 16.0 Å². The summed E-state index contributed by atoms with van der Waals surface area (Å²) in [5.74, 6) is -6.03. The van der Waals surface area contributed by atoms with E-state index >= 15 is 0 Å². The van der Waals surface area contributed by atoms with Crippen molar-refractivity contribution in [3.05, 3.63) is 0 Å². The Morgan fingerprint density at radius 2 is 1.34 bits per heavy atom. The molecule has 5 unspecified atom stereocenters. The zero-order valence-electron chi connectivity index (χ0n) is 18.4. The Hall–Kier alpha value is -3.22. The van der Waals surface area contributed by atoms with Gasteiger partial charge in [-0.2, -0.15) is 0 Å². The third-order valence-corrected chi connectivity index (χ3v) is 4.78. The van der Waals surface area contributed by atoms with Gasteiger partial charge in [-0.1, -0.05) is 20.3 Å². The number of rotatable bonds is 15. The van der Waals surface area contributed by atoms with Gasteiger partial charge in [0.1, 0.15) is 18.1 Å². The molecule has 32 heavy (non-hydrogen) atoms. The summed E-state index contributed by atoms with van der Waals surface area (Å²) in [6, 6.07) is -4.78. The van der Waals surface area contributed by atoms with Gasteiger partial charge in [0.25, 0.3) is 0 Å². The zero-order valence-corrected chi connectivity index (χ0v) is 18.4. The van der Waals surface area contributed by atoms with E-state index in [0.29, 0.717) is 6.42 Å². The Morgan fingerprint density at radius 1 is 0.812 bits per heavy atom. The number of primary amides is 1. The normalized spacial score (nSPS) is 15.4. The van der Waals surface area contributed by atoms with Crippen LogP contribution in [0.25, 0.3) is 0 Å². The molecule has 0 aliphatic carbocycles. The molecule has 5 atom stereocenters. The molecule has 0 fully saturated rings. The summed E-state index contributed by atoms with van der Waals surface area (Å²) >= 11 is 0. The summed E-state index contributed by atoms with van der Waals surface area (Å²) in [6.45, 7) is 4.80. The van der Waals surface area contributed by atoms with Crippen molar-refractivity contribution in [1.29, 1.82) is 0 Å². The first-order valence-electron chi connectivity index (χ1n) is 10.2. The fourth-order valence-electron chi connectivity index (χ4n) is 2.60. The molecule has 0 heterocycles. The van der Waals surface area contributed by atoms with Gasteiger partial charge in [-0.15, -0.1) is 0 Å². The molecule has 9 N–H and O–H groups in total. The van der Waals surface area contributed by atoms with Crippen LogP contribution in [-0.2, 0) is 28.8 Å². The number of amides is 4. The maximum atomic E-state index is 12.8. The lowest BCUT2D eigenvalue weighted by Gasteiger charge is -2.28. The molecule has 0 aromatic carbocycles. The van der Waals surface area contributed by atoms with Crippen LogP contribution < -0.4 is 27.4 Å². The Morgan fingerprint density at radius 3 is 1.78 bits per heavy atom. The summed E-state index contributed by atoms with van der Waals surface area (Å²) in [7, 11) is 0. The molecular formula is C19H33N5O8. The van der Waals surface area contributed by atoms with Crippen molar-refractivity contribution >= 4 is 35.6 Å². The average molecular weight is 460 g/mol. The van der Waals surface area contributed by atoms with Gasteiger partial charge < -0.3 is 37.6 Å². The van der Waals surface area contributed by atoms with Crippen LogP contribution in [0.3, 0.4) is 0 Å². The van der Waals surface area contributed by atoms with Crippen molar-refractivity contribution in [2.24, 2.45) is 17.4 Å². The highest BCUT2D eigenvalue weighted by atomic mass is 16.4. The minimum atomic E-state index is -1.47. The quantitative estimate of drug-likeness (QED) is 0.144. The van der Waals surface area contributed by atoms with E-state index < -0.39 is 72.1 Å². The second kappa shape index (κ2) is 14.0. The van der Waals surface area contributed by atoms with Gasteiger partial charge in [-0.3, -0.25) is 24.0 Å². The van der Waals surface area contributed by atoms with E-state index in [-0.39, 0.29) is 19.3 Å². The first-order valence-corrected chi connectivity index (χ1v) is 10.2. The van der Waals surface area contributed by atoms with Crippen LogP contribution >= 0.6 is 0 Å². The Bertz CT molecular complexity index is 712. The van der Waals surface area contributed by atoms with Crippen molar-refractivity contribution in [2.45, 2.75) is 77.0 Å². The lowest BCUT2D eigenvalue weighted by Crippen LogP contribution is -2.58. The number of carboxylic acids is 2. The number of nitrogens with two attached hydrogens (primary N) is 2. The van der Waals surface area contributed by atoms with Crippen molar-refractivity contribution in [3.8, 4) is 0 Å². The monoisotopic (exact) mass is 459 g/mol. The number of carbonyl (C=O) groups excluding carboxylic acids is 4. The molecule has 0 saturated heterocycles. The van der Waals surface area contributed by atoms with Gasteiger partial charge in [0, 0.05) is 12.8 Å². The second-order valence-corrected chi connectivity index (χ2v) is 7.56. The SMILES string of the molecule is CCC(C)C(NC(=O)C(CCC(N)=O)NC(=O)C(C)N)C(=O)NC(CCC(=O)O)C(=O)O. The smallest absolute Gasteiger partial charge is 0.326 e. The molecule has 0 bridgehead atoms. The van der Waals surface area contributed by atoms with E-state index in [1.807, 2.05) is 0 Å². The predicted molar refractivity (Wildman–Crippen MR) is 112 cm³/mol. The first kappa shape index (κ1) is 28.8. The summed E-state index contributed by atoms with van der Waals surface area (Å²) < 4.78 is 0. The summed E-state index contributed by atoms with van der Waals surface area (Å²) in [5.41, 5.74) is 10.6. The molecule has 0 rings (SSSR count). The number of hydrogen-bond donors (Lipinski definition) is 7. The van der Waals surface area contributed by atoms with Crippen molar-refractivity contribution in [1.82, 2.24) is 16.0 Å². The number of hydrogen-bond acceptors (Lipinski definition) is 7. The Balaban J connectivity index is 5.52. The molecule has 0 aliphatic heterocycles. The highest BCUT2D eigenvalue weighted by Crippen LogP contribution is 2.11. The van der Waals surface area contributed by atoms with E-state index in [1.54, 1.807) is 13.8 Å². The second-order valence-electron chi connectivity index (χ2n) is 7.56. The first-order chi connectivity index (χ1) is 14.8. The van der Waals surface area contributed by atoms with Crippen LogP contribution in [-0.4, -0.2) is 69.9 Å². The number of nitrogens with one attached hydrogen (secondary N) is 3. The van der Waals surface area contributed by atoms with Gasteiger partial charge >= 0.3 is 11.9 Å². The molecule has 182 valence electrons. The van der Waals surface area contributed by atoms with Gasteiger partial charge in [0.05, 0.1) is 6.04 Å². The average Bonchev–Trinajstić information content (AvgIpc) is 2.70. The lowest BCUT2D eigenvalue weighted by atomic mass is 9.96. The number of aliphatic carboxylic acids is 2. The van der Waals surface area contributed by atoms with E-state index in [4.69, 9.17) is 16.6 Å². The van der Waals surface area contributed by atoms with E-state index in [1.165, 1.54) is 6.92 Å². The van der Waals surface area contributed by atoms with Gasteiger partial charge in [0.15, 0.2) is 0 Å². The van der Waals surface area contributed by atoms with Crippen molar-refractivity contribution in [3.63, 3.8) is 0 Å². The molecule has 0 aromatic heterocycles. The summed E-state index contributed by atoms with van der Waals surface area (Å²) in [6.07, 6.45) is -0.735. The summed E-state index contributed by atoms with van der Waals surface area (Å²) in [4.78, 5) is 70.7. The highest BCUT2D eigenvalue weighted by Gasteiger charge is 2.32. The predicted octanol–water partition coefficient (Wildman–Crippen LogP) is -1.95. The third kappa shape index (κ3) is 10.7. The standard InChI is InChI=1S/C19H33N5O8/c1-4-9(2)15(18(30)23-12(19(31)32)6-8-14(26)27)24-17(29)11(5-7-13(21)25)22-16(28)10(3)20/h9-12,15H,4-8,20H2,1-3H3,(H2,21,25)(H,22,28)(H,23,30)(H,24,29)(H,26,27)(H,31,32). The maximum Gasteiger partial charge on any atom is 0.326 e. The molecule has 0 saturated carbocycles. The van der Waals surface area contributed by atoms with Crippen LogP contribution in [0.1, 0.15) is 52.9 Å². The molecule has 0 spiro atoms. The third-order valence-electron chi connectivity index (χ3n) is 4.78. The van der Waals surface area contributed by atoms with E-state index in [9.17, 15) is 33.9 Å². The van der Waals surface area contributed by atoms with Crippen LogP contribution in [0.4, 0.5) is 0 Å². The molecule has 0 aliphatic rings. The molecule has 4 amide bonds. The minimum absolute atomic E-state index is 0.134. The zero-order chi connectivity index (χ0) is 25.0. The van der Waals surface area contributed by atoms with Gasteiger partial charge in [-0.25, -0.2) is 4.79 Å². The minimum Gasteiger partial charge on any atom is -0.481 e. The fraction of sp³-hybridized carbons (Fsp3) is 0.684. The van der Waals surface area contributed by atoms with Crippen LogP contribution in [0.5, 0.6) is 0 Å². The van der Waals surface area contributed by atoms with Crippen LogP contribution in [0, 0.1) is 5.92 Å². The summed E-state index contributed by atoms with van der Waals surface area (Å²) in [5, 5.41) is 25.1. The largest absolute Gasteiger partial charge is 0.481 e. The Kier molecular flexibility index (Phi) is 12.6. The molecule has 0 radical (unpaired) electrons. The highest BCUT2D eigenvalue weighted by molar-refractivity contribution is 5.94. The number of carboxylic acid groups (broad SMARTS) is 2. The Labute approximate surface area is 185 Å². The number of carbonyl (C=O) groups is 6. The molecule has 13 nitrogen and oxygen atoms in total. The topological polar surface area (TPSA) is 231 Å². The van der Waals surface area contributed by atoms with Crippen LogP contribution in [0.15, 0.2) is 0 Å². The maximum absolute atomic E-state index is 12.8. The molecular weight excluding hydrogens is 426 g/mol. The fourth-order valence-corrected chi connectivity index (χ4v) is 2.60. The van der Waals surface area contributed by atoms with Gasteiger partial charge in [0.2, 0.25) is 23.6 Å². The molecule has 0 aromatic rings. The van der Waals surface area contributed by atoms with Crippen molar-refractivity contribution < 1.29 is 39.0 Å².